The van der Waals surface area contributed by atoms with Crippen molar-refractivity contribution in [3.8, 4) is 40.0 Å². The molecule has 0 saturated heterocycles. The van der Waals surface area contributed by atoms with Gasteiger partial charge in [-0.3, -0.25) is 4.98 Å². The Bertz CT molecular complexity index is 1420. The van der Waals surface area contributed by atoms with Gasteiger partial charge in [-0.1, -0.05) is 18.2 Å². The maximum Gasteiger partial charge on any atom is 0.573 e. The summed E-state index contributed by atoms with van der Waals surface area (Å²) in [4.78, 5) is 13.3. The average molecular weight is 496 g/mol. The lowest BCUT2D eigenvalue weighted by Gasteiger charge is -2.10. The lowest BCUT2D eigenvalue weighted by molar-refractivity contribution is -0.274. The molecule has 0 saturated carbocycles. The van der Waals surface area contributed by atoms with Crippen molar-refractivity contribution in [3.05, 3.63) is 73.4 Å². The van der Waals surface area contributed by atoms with Crippen LogP contribution >= 0.6 is 11.8 Å². The molecule has 4 heterocycles. The van der Waals surface area contributed by atoms with E-state index in [9.17, 15) is 13.2 Å². The fraction of sp³-hybridized carbons (Fsp3) is 0.0870. The van der Waals surface area contributed by atoms with Gasteiger partial charge in [-0.25, -0.2) is 9.97 Å². The minimum absolute atomic E-state index is 0.391. The molecule has 0 fully saturated rings. The van der Waals surface area contributed by atoms with Gasteiger partial charge in [-0.15, -0.1) is 23.4 Å². The summed E-state index contributed by atoms with van der Waals surface area (Å²) in [5.74, 6) is 0.630. The first kappa shape index (κ1) is 22.6. The molecular formula is C23H15F3N6O2S. The third-order valence-corrected chi connectivity index (χ3v) is 5.96. The predicted molar refractivity (Wildman–Crippen MR) is 120 cm³/mol. The van der Waals surface area contributed by atoms with Crippen LogP contribution in [0.4, 0.5) is 13.2 Å². The molecule has 12 heteroatoms. The summed E-state index contributed by atoms with van der Waals surface area (Å²) in [6, 6.07) is 15.6. The summed E-state index contributed by atoms with van der Waals surface area (Å²) >= 11 is 1.26. The summed E-state index contributed by atoms with van der Waals surface area (Å²) in [6.07, 6.45) is -0.814. The van der Waals surface area contributed by atoms with Crippen LogP contribution in [-0.4, -0.2) is 36.1 Å². The number of hydrogen-bond donors (Lipinski definition) is 0. The Kier molecular flexibility index (Phi) is 5.95. The minimum atomic E-state index is -4.78. The van der Waals surface area contributed by atoms with Gasteiger partial charge in [0.25, 0.3) is 0 Å². The maximum absolute atomic E-state index is 12.5. The van der Waals surface area contributed by atoms with Crippen LogP contribution in [0.1, 0.15) is 0 Å². The minimum Gasteiger partial charge on any atom is -0.423 e. The number of benzene rings is 1. The van der Waals surface area contributed by atoms with E-state index >= 15 is 0 Å². The summed E-state index contributed by atoms with van der Waals surface area (Å²) < 4.78 is 48.5. The Labute approximate surface area is 200 Å². The summed E-state index contributed by atoms with van der Waals surface area (Å²) in [7, 11) is 1.84. The Morgan fingerprint density at radius 2 is 1.77 bits per heavy atom. The topological polar surface area (TPSA) is 91.8 Å². The second kappa shape index (κ2) is 9.22. The zero-order chi connectivity index (χ0) is 24.4. The third kappa shape index (κ3) is 5.01. The molecule has 0 aliphatic heterocycles. The van der Waals surface area contributed by atoms with Crippen LogP contribution in [0.25, 0.3) is 34.2 Å². The lowest BCUT2D eigenvalue weighted by atomic mass is 10.1. The molecule has 0 unspecified atom stereocenters. The molecule has 5 aromatic rings. The van der Waals surface area contributed by atoms with Crippen LogP contribution in [0.15, 0.2) is 87.9 Å². The van der Waals surface area contributed by atoms with Crippen LogP contribution in [-0.2, 0) is 7.05 Å². The molecule has 8 nitrogen and oxygen atoms in total. The number of hydrogen-bond acceptors (Lipinski definition) is 8. The number of alkyl halides is 3. The summed E-state index contributed by atoms with van der Waals surface area (Å²) in [5.41, 5.74) is 2.90. The van der Waals surface area contributed by atoms with E-state index in [4.69, 9.17) is 9.40 Å². The zero-order valence-electron chi connectivity index (χ0n) is 18.0. The van der Waals surface area contributed by atoms with E-state index in [1.807, 2.05) is 54.1 Å². The van der Waals surface area contributed by atoms with Gasteiger partial charge in [0.2, 0.25) is 12.3 Å². The molecule has 5 rings (SSSR count). The number of ether oxygens (including phenoxy) is 1. The van der Waals surface area contributed by atoms with E-state index < -0.39 is 12.1 Å². The second-order valence-electron chi connectivity index (χ2n) is 7.17. The standard InChI is InChI=1S/C23H15F3N6O2S/c1-32-20(17-4-2-3-11-27-17)30-19(14-5-7-15(8-6-14)21-31-29-13-33-21)22(32)35-18-10-9-16(12-28-18)34-23(24,25)26/h2-13H,1H3. The molecule has 0 atom stereocenters. The fourth-order valence-corrected chi connectivity index (χ4v) is 4.23. The van der Waals surface area contributed by atoms with E-state index in [1.54, 1.807) is 6.20 Å². The first-order valence-corrected chi connectivity index (χ1v) is 10.9. The third-order valence-electron chi connectivity index (χ3n) is 4.85. The zero-order valence-corrected chi connectivity index (χ0v) is 18.8. The Hall–Kier alpha value is -4.19. The van der Waals surface area contributed by atoms with Crippen molar-refractivity contribution in [2.45, 2.75) is 16.4 Å². The number of pyridine rings is 2. The molecule has 0 aliphatic rings. The molecule has 176 valence electrons. The van der Waals surface area contributed by atoms with Crippen molar-refractivity contribution in [2.75, 3.05) is 0 Å². The molecule has 0 bridgehead atoms. The van der Waals surface area contributed by atoms with Crippen molar-refractivity contribution in [2.24, 2.45) is 7.05 Å². The second-order valence-corrected chi connectivity index (χ2v) is 8.18. The maximum atomic E-state index is 12.5. The predicted octanol–water partition coefficient (Wildman–Crippen LogP) is 5.64. The van der Waals surface area contributed by atoms with E-state index in [2.05, 4.69) is 24.9 Å². The first-order chi connectivity index (χ1) is 16.9. The van der Waals surface area contributed by atoms with Gasteiger partial charge in [0.1, 0.15) is 27.2 Å². The van der Waals surface area contributed by atoms with Crippen LogP contribution in [0, 0.1) is 0 Å². The number of imidazole rings is 1. The highest BCUT2D eigenvalue weighted by atomic mass is 32.2. The number of rotatable bonds is 6. The highest BCUT2D eigenvalue weighted by Gasteiger charge is 2.31. The largest absolute Gasteiger partial charge is 0.573 e. The molecular weight excluding hydrogens is 481 g/mol. The average Bonchev–Trinajstić information content (AvgIpc) is 3.49. The van der Waals surface area contributed by atoms with Gasteiger partial charge in [-0.2, -0.15) is 0 Å². The van der Waals surface area contributed by atoms with Crippen LogP contribution in [0.3, 0.4) is 0 Å². The SMILES string of the molecule is Cn1c(-c2ccccn2)nc(-c2ccc(-c3nnco3)cc2)c1Sc1ccc(OC(F)(F)F)cn1. The summed E-state index contributed by atoms with van der Waals surface area (Å²) in [6.45, 7) is 0. The quantitative estimate of drug-likeness (QED) is 0.298. The molecule has 4 aromatic heterocycles. The van der Waals surface area contributed by atoms with Crippen molar-refractivity contribution in [1.82, 2.24) is 29.7 Å². The highest BCUT2D eigenvalue weighted by molar-refractivity contribution is 7.99. The number of aromatic nitrogens is 6. The Morgan fingerprint density at radius 3 is 2.40 bits per heavy atom. The van der Waals surface area contributed by atoms with E-state index in [1.165, 1.54) is 30.3 Å². The molecule has 0 radical (unpaired) electrons. The van der Waals surface area contributed by atoms with Gasteiger partial charge in [0.15, 0.2) is 5.82 Å². The van der Waals surface area contributed by atoms with Crippen molar-refractivity contribution < 1.29 is 22.3 Å². The molecule has 35 heavy (non-hydrogen) atoms. The molecule has 0 aliphatic carbocycles. The Morgan fingerprint density at radius 1 is 0.971 bits per heavy atom. The molecule has 0 spiro atoms. The van der Waals surface area contributed by atoms with Crippen LogP contribution < -0.4 is 4.74 Å². The van der Waals surface area contributed by atoms with Crippen molar-refractivity contribution in [3.63, 3.8) is 0 Å². The van der Waals surface area contributed by atoms with Crippen molar-refractivity contribution in [1.29, 1.82) is 0 Å². The van der Waals surface area contributed by atoms with Crippen LogP contribution in [0.2, 0.25) is 0 Å². The van der Waals surface area contributed by atoms with Gasteiger partial charge in [0, 0.05) is 24.4 Å². The van der Waals surface area contributed by atoms with Gasteiger partial charge >= 0.3 is 6.36 Å². The summed E-state index contributed by atoms with van der Waals surface area (Å²) in [5, 5.41) is 8.81. The monoisotopic (exact) mass is 496 g/mol. The number of nitrogens with zero attached hydrogens (tertiary/aromatic N) is 6. The normalized spacial score (nSPS) is 11.5. The highest BCUT2D eigenvalue weighted by Crippen LogP contribution is 2.38. The van der Waals surface area contributed by atoms with Gasteiger partial charge in [-0.05, 0) is 48.2 Å². The smallest absolute Gasteiger partial charge is 0.423 e. The number of halogens is 3. The molecule has 0 amide bonds. The van der Waals surface area contributed by atoms with E-state index in [0.717, 1.165) is 22.3 Å². The van der Waals surface area contributed by atoms with Gasteiger partial charge in [0.05, 0.1) is 6.20 Å². The van der Waals surface area contributed by atoms with E-state index in [-0.39, 0.29) is 0 Å². The van der Waals surface area contributed by atoms with Gasteiger partial charge < -0.3 is 13.7 Å². The lowest BCUT2D eigenvalue weighted by Crippen LogP contribution is -2.17. The molecule has 1 aromatic carbocycles. The Balaban J connectivity index is 1.52. The fourth-order valence-electron chi connectivity index (χ4n) is 3.30. The van der Waals surface area contributed by atoms with Crippen LogP contribution in [0.5, 0.6) is 5.75 Å². The van der Waals surface area contributed by atoms with E-state index in [0.29, 0.717) is 28.1 Å². The first-order valence-electron chi connectivity index (χ1n) is 10.1. The van der Waals surface area contributed by atoms with Crippen molar-refractivity contribution >= 4 is 11.8 Å². The molecule has 0 N–H and O–H groups in total.